The summed E-state index contributed by atoms with van der Waals surface area (Å²) in [5, 5.41) is 19.0. The van der Waals surface area contributed by atoms with Crippen LogP contribution in [-0.4, -0.2) is 95.0 Å². The van der Waals surface area contributed by atoms with E-state index in [9.17, 15) is 33.5 Å². The maximum atomic E-state index is 14.2. The fraction of sp³-hybridized carbons (Fsp3) is 0.564. The predicted octanol–water partition coefficient (Wildman–Crippen LogP) is 4.36. The maximum absolute atomic E-state index is 14.2. The van der Waals surface area contributed by atoms with Gasteiger partial charge >= 0.3 is 6.09 Å². The Kier molecular flexibility index (Phi) is 14.6. The Morgan fingerprint density at radius 2 is 1.62 bits per heavy atom. The van der Waals surface area contributed by atoms with E-state index in [0.29, 0.717) is 49.0 Å². The molecule has 0 aromatic heterocycles. The molecule has 0 bridgehead atoms. The first-order valence-corrected chi connectivity index (χ1v) is 17.9. The molecule has 2 aromatic carbocycles. The van der Waals surface area contributed by atoms with Crippen molar-refractivity contribution in [1.29, 1.82) is 0 Å². The highest BCUT2D eigenvalue weighted by Gasteiger charge is 2.35. The monoisotopic (exact) mass is 725 g/mol. The van der Waals surface area contributed by atoms with Crippen LogP contribution in [0.5, 0.6) is 5.75 Å². The summed E-state index contributed by atoms with van der Waals surface area (Å²) < 4.78 is 19.1. The number of amides is 5. The largest absolute Gasteiger partial charge is 0.508 e. The molecule has 2 unspecified atom stereocenters. The second-order valence-electron chi connectivity index (χ2n) is 15.5. The van der Waals surface area contributed by atoms with Crippen molar-refractivity contribution in [3.63, 3.8) is 0 Å². The SMILES string of the molecule is CC(=O)N1CCCCC(N(C)C(=O)[C@H](Cc2ccc(F)cc2)NC(=O)OC(C)(C)C)C(=O)NC(Cc2ccc(O)c(C(C)(C)C)c2)C(=O)NCCC1. The van der Waals surface area contributed by atoms with Crippen LogP contribution in [0.4, 0.5) is 9.18 Å². The van der Waals surface area contributed by atoms with Gasteiger partial charge in [0.2, 0.25) is 23.6 Å². The van der Waals surface area contributed by atoms with Gasteiger partial charge in [-0.25, -0.2) is 9.18 Å². The van der Waals surface area contributed by atoms with E-state index in [4.69, 9.17) is 4.74 Å². The van der Waals surface area contributed by atoms with Gasteiger partial charge in [0, 0.05) is 46.4 Å². The second kappa shape index (κ2) is 18.2. The zero-order chi connectivity index (χ0) is 38.8. The van der Waals surface area contributed by atoms with Crippen molar-refractivity contribution in [2.45, 2.75) is 116 Å². The third-order valence-electron chi connectivity index (χ3n) is 8.91. The van der Waals surface area contributed by atoms with Crippen molar-refractivity contribution in [1.82, 2.24) is 25.8 Å². The van der Waals surface area contributed by atoms with E-state index in [1.54, 1.807) is 37.8 Å². The Morgan fingerprint density at radius 1 is 0.981 bits per heavy atom. The number of hydrogen-bond donors (Lipinski definition) is 4. The molecule has 1 aliphatic heterocycles. The molecule has 5 amide bonds. The van der Waals surface area contributed by atoms with E-state index in [0.717, 1.165) is 0 Å². The lowest BCUT2D eigenvalue weighted by molar-refractivity contribution is -0.141. The minimum atomic E-state index is -1.17. The molecule has 1 aliphatic rings. The first-order chi connectivity index (χ1) is 24.2. The topological polar surface area (TPSA) is 157 Å². The molecule has 1 fully saturated rings. The van der Waals surface area contributed by atoms with Crippen LogP contribution in [0, 0.1) is 5.82 Å². The lowest BCUT2D eigenvalue weighted by Gasteiger charge is -2.33. The number of phenolic OH excluding ortho intramolecular Hbond substituents is 1. The molecule has 13 heteroatoms. The van der Waals surface area contributed by atoms with Gasteiger partial charge in [0.1, 0.15) is 35.3 Å². The standard InChI is InChI=1S/C39H56FN5O7/c1-25(46)45-20-10-9-12-32(44(8)36(50)31(43-37(51)52-39(5,6)7)23-26-13-16-28(40)17-14-26)35(49)42-30(34(48)41-19-11-21-45)24-27-15-18-33(47)29(22-27)38(2,3)4/h13-18,22,30-32,47H,9-12,19-21,23-24H2,1-8H3,(H,41,48)(H,42,49)(H,43,51)/t30?,31-,32?/m0/s1. The molecule has 52 heavy (non-hydrogen) atoms. The highest BCUT2D eigenvalue weighted by Crippen LogP contribution is 2.31. The summed E-state index contributed by atoms with van der Waals surface area (Å²) in [6.45, 7) is 13.6. The number of ether oxygens (including phenoxy) is 1. The third-order valence-corrected chi connectivity index (χ3v) is 8.91. The summed E-state index contributed by atoms with van der Waals surface area (Å²) in [6.07, 6.45) is 1.05. The Balaban J connectivity index is 1.98. The van der Waals surface area contributed by atoms with Crippen molar-refractivity contribution in [2.24, 2.45) is 0 Å². The molecule has 0 aliphatic carbocycles. The number of nitrogens with one attached hydrogen (secondary N) is 3. The highest BCUT2D eigenvalue weighted by atomic mass is 19.1. The lowest BCUT2D eigenvalue weighted by Crippen LogP contribution is -2.58. The average Bonchev–Trinajstić information content (AvgIpc) is 3.04. The Hall–Kier alpha value is -4.68. The van der Waals surface area contributed by atoms with Crippen LogP contribution in [-0.2, 0) is 42.2 Å². The number of carbonyl (C=O) groups excluding carboxylic acids is 5. The third kappa shape index (κ3) is 12.8. The van der Waals surface area contributed by atoms with Gasteiger partial charge in [0.25, 0.3) is 0 Å². The van der Waals surface area contributed by atoms with Crippen LogP contribution in [0.2, 0.25) is 0 Å². The molecule has 286 valence electrons. The van der Waals surface area contributed by atoms with Gasteiger partial charge in [-0.05, 0) is 86.8 Å². The van der Waals surface area contributed by atoms with Crippen LogP contribution < -0.4 is 16.0 Å². The molecular formula is C39H56FN5O7. The van der Waals surface area contributed by atoms with Gasteiger partial charge in [0.05, 0.1) is 0 Å². The van der Waals surface area contributed by atoms with Crippen molar-refractivity contribution in [2.75, 3.05) is 26.7 Å². The van der Waals surface area contributed by atoms with E-state index in [-0.39, 0.29) is 42.9 Å². The zero-order valence-electron chi connectivity index (χ0n) is 31.8. The molecule has 1 saturated heterocycles. The number of aromatic hydroxyl groups is 1. The lowest BCUT2D eigenvalue weighted by atomic mass is 9.84. The van der Waals surface area contributed by atoms with Crippen molar-refractivity contribution in [3.8, 4) is 5.75 Å². The molecule has 3 atom stereocenters. The van der Waals surface area contributed by atoms with Crippen LogP contribution in [0.15, 0.2) is 42.5 Å². The smallest absolute Gasteiger partial charge is 0.408 e. The predicted molar refractivity (Wildman–Crippen MR) is 196 cm³/mol. The molecule has 2 aromatic rings. The van der Waals surface area contributed by atoms with Crippen LogP contribution in [0.1, 0.15) is 90.8 Å². The van der Waals surface area contributed by atoms with E-state index in [2.05, 4.69) is 16.0 Å². The summed E-state index contributed by atoms with van der Waals surface area (Å²) in [5.74, 6) is -2.01. The number of hydrogen-bond acceptors (Lipinski definition) is 7. The van der Waals surface area contributed by atoms with Crippen molar-refractivity contribution >= 4 is 29.7 Å². The van der Waals surface area contributed by atoms with E-state index < -0.39 is 53.4 Å². The number of benzene rings is 2. The molecule has 0 saturated carbocycles. The summed E-state index contributed by atoms with van der Waals surface area (Å²) in [7, 11) is 1.47. The van der Waals surface area contributed by atoms with Gasteiger partial charge in [-0.3, -0.25) is 19.2 Å². The number of likely N-dealkylation sites (N-methyl/N-ethyl adjacent to an activating group) is 1. The minimum absolute atomic E-state index is 0.00734. The fourth-order valence-electron chi connectivity index (χ4n) is 6.10. The number of rotatable bonds is 7. The van der Waals surface area contributed by atoms with Gasteiger partial charge < -0.3 is 35.6 Å². The normalized spacial score (nSPS) is 18.7. The van der Waals surface area contributed by atoms with Crippen LogP contribution in [0.25, 0.3) is 0 Å². The van der Waals surface area contributed by atoms with Crippen molar-refractivity contribution < 1.29 is 38.2 Å². The maximum Gasteiger partial charge on any atom is 0.408 e. The van der Waals surface area contributed by atoms with Crippen LogP contribution >= 0.6 is 0 Å². The number of phenols is 1. The zero-order valence-corrected chi connectivity index (χ0v) is 31.8. The first-order valence-electron chi connectivity index (χ1n) is 17.9. The van der Waals surface area contributed by atoms with Gasteiger partial charge in [-0.15, -0.1) is 0 Å². The Bertz CT molecular complexity index is 1570. The van der Waals surface area contributed by atoms with Crippen LogP contribution in [0.3, 0.4) is 0 Å². The second-order valence-corrected chi connectivity index (χ2v) is 15.5. The molecule has 1 heterocycles. The van der Waals surface area contributed by atoms with Gasteiger partial charge in [-0.1, -0.05) is 45.0 Å². The van der Waals surface area contributed by atoms with E-state index >= 15 is 0 Å². The molecule has 0 radical (unpaired) electrons. The number of alkyl carbamates (subject to hydrolysis) is 1. The Morgan fingerprint density at radius 3 is 2.23 bits per heavy atom. The molecule has 3 rings (SSSR count). The summed E-state index contributed by atoms with van der Waals surface area (Å²) >= 11 is 0. The summed E-state index contributed by atoms with van der Waals surface area (Å²) in [4.78, 5) is 70.3. The number of carbonyl (C=O) groups is 5. The minimum Gasteiger partial charge on any atom is -0.508 e. The van der Waals surface area contributed by atoms with E-state index in [1.807, 2.05) is 26.8 Å². The molecular weight excluding hydrogens is 669 g/mol. The quantitative estimate of drug-likeness (QED) is 0.331. The molecule has 0 spiro atoms. The first kappa shape index (κ1) is 41.7. The van der Waals surface area contributed by atoms with E-state index in [1.165, 1.54) is 43.1 Å². The number of halogens is 1. The van der Waals surface area contributed by atoms with Gasteiger partial charge in [0.15, 0.2) is 0 Å². The van der Waals surface area contributed by atoms with Gasteiger partial charge in [-0.2, -0.15) is 0 Å². The molecule has 4 N–H and O–H groups in total. The summed E-state index contributed by atoms with van der Waals surface area (Å²) in [6, 6.07) is 7.37. The Labute approximate surface area is 306 Å². The molecule has 12 nitrogen and oxygen atoms in total. The number of nitrogens with zero attached hydrogens (tertiary/aromatic N) is 2. The summed E-state index contributed by atoms with van der Waals surface area (Å²) in [5.41, 5.74) is 0.746. The fourth-order valence-corrected chi connectivity index (χ4v) is 6.10. The highest BCUT2D eigenvalue weighted by molar-refractivity contribution is 5.94. The van der Waals surface area contributed by atoms with Crippen molar-refractivity contribution in [3.05, 3.63) is 65.0 Å². The average molecular weight is 726 g/mol.